The number of carbonyl (C=O) groups excluding carboxylic acids is 1. The fraction of sp³-hybridized carbons (Fsp3) is 0.188. The molecule has 7 nitrogen and oxygen atoms in total. The number of nitro benzene ring substituents is 1. The Morgan fingerprint density at radius 2 is 1.88 bits per heavy atom. The molecule has 24 heavy (non-hydrogen) atoms. The Morgan fingerprint density at radius 1 is 1.17 bits per heavy atom. The minimum Gasteiger partial charge on any atom is -0.497 e. The van der Waals surface area contributed by atoms with Crippen LogP contribution in [0.1, 0.15) is 0 Å². The number of hydrogen-bond acceptors (Lipinski definition) is 6. The molecule has 0 aliphatic heterocycles. The lowest BCUT2D eigenvalue weighted by Gasteiger charge is -2.11. The fourth-order valence-corrected chi connectivity index (χ4v) is 2.60. The first-order valence-electron chi connectivity index (χ1n) is 6.92. The first kappa shape index (κ1) is 17.6. The normalized spacial score (nSPS) is 10.1. The Labute approximate surface area is 143 Å². The van der Waals surface area contributed by atoms with Gasteiger partial charge in [-0.05, 0) is 24.3 Å². The predicted molar refractivity (Wildman–Crippen MR) is 92.0 cm³/mol. The number of anilines is 1. The van der Waals surface area contributed by atoms with Crippen molar-refractivity contribution in [3.8, 4) is 11.5 Å². The number of non-ortho nitro benzene ring substituents is 1. The summed E-state index contributed by atoms with van der Waals surface area (Å²) in [6, 6.07) is 11.2. The van der Waals surface area contributed by atoms with Crippen LogP contribution in [0.2, 0.25) is 0 Å². The molecule has 2 aromatic carbocycles. The van der Waals surface area contributed by atoms with Gasteiger partial charge in [-0.25, -0.2) is 0 Å². The van der Waals surface area contributed by atoms with E-state index in [0.29, 0.717) is 17.2 Å². The van der Waals surface area contributed by atoms with E-state index in [2.05, 4.69) is 5.32 Å². The van der Waals surface area contributed by atoms with Crippen molar-refractivity contribution < 1.29 is 19.2 Å². The smallest absolute Gasteiger partial charge is 0.269 e. The number of amides is 1. The molecular formula is C16H16N2O5S. The number of nitrogens with one attached hydrogen (secondary N) is 1. The maximum absolute atomic E-state index is 12.1. The van der Waals surface area contributed by atoms with Crippen LogP contribution in [-0.4, -0.2) is 30.8 Å². The molecule has 0 aliphatic carbocycles. The van der Waals surface area contributed by atoms with Crippen molar-refractivity contribution in [2.75, 3.05) is 25.3 Å². The molecule has 8 heteroatoms. The van der Waals surface area contributed by atoms with Crippen LogP contribution in [0.25, 0.3) is 0 Å². The quantitative estimate of drug-likeness (QED) is 0.469. The topological polar surface area (TPSA) is 90.7 Å². The molecule has 1 N–H and O–H groups in total. The summed E-state index contributed by atoms with van der Waals surface area (Å²) < 4.78 is 10.3. The number of hydrogen-bond donors (Lipinski definition) is 1. The van der Waals surface area contributed by atoms with Gasteiger partial charge < -0.3 is 14.8 Å². The third-order valence-corrected chi connectivity index (χ3v) is 4.11. The molecule has 0 saturated heterocycles. The summed E-state index contributed by atoms with van der Waals surface area (Å²) in [7, 11) is 3.06. The zero-order valence-electron chi connectivity index (χ0n) is 13.1. The summed E-state index contributed by atoms with van der Waals surface area (Å²) in [6.45, 7) is 0. The molecule has 0 aromatic heterocycles. The Hall–Kier alpha value is -2.74. The molecule has 0 saturated carbocycles. The molecule has 0 heterocycles. The van der Waals surface area contributed by atoms with Crippen molar-refractivity contribution in [2.24, 2.45) is 0 Å². The average Bonchev–Trinajstić information content (AvgIpc) is 2.60. The highest BCUT2D eigenvalue weighted by atomic mass is 32.2. The molecule has 0 unspecified atom stereocenters. The van der Waals surface area contributed by atoms with E-state index in [0.717, 1.165) is 4.90 Å². The molecule has 0 aliphatic rings. The van der Waals surface area contributed by atoms with Crippen LogP contribution in [0.3, 0.4) is 0 Å². The molecule has 0 spiro atoms. The van der Waals surface area contributed by atoms with Crippen LogP contribution >= 0.6 is 11.8 Å². The Balaban J connectivity index is 1.94. The summed E-state index contributed by atoms with van der Waals surface area (Å²) in [5, 5.41) is 13.4. The maximum Gasteiger partial charge on any atom is 0.269 e. The van der Waals surface area contributed by atoms with Crippen LogP contribution in [0.15, 0.2) is 47.4 Å². The Bertz CT molecular complexity index is 734. The zero-order chi connectivity index (χ0) is 17.5. The maximum atomic E-state index is 12.1. The second kappa shape index (κ2) is 8.21. The summed E-state index contributed by atoms with van der Waals surface area (Å²) in [4.78, 5) is 23.0. The van der Waals surface area contributed by atoms with Crippen molar-refractivity contribution in [2.45, 2.75) is 4.90 Å². The number of carbonyl (C=O) groups is 1. The molecule has 0 bridgehead atoms. The Morgan fingerprint density at radius 3 is 2.46 bits per heavy atom. The summed E-state index contributed by atoms with van der Waals surface area (Å²) in [5.41, 5.74) is 0.569. The Kier molecular flexibility index (Phi) is 6.02. The fourth-order valence-electron chi connectivity index (χ4n) is 1.90. The van der Waals surface area contributed by atoms with Crippen molar-refractivity contribution in [3.05, 3.63) is 52.6 Å². The highest BCUT2D eigenvalue weighted by Gasteiger charge is 2.10. The molecule has 2 rings (SSSR count). The number of benzene rings is 2. The van der Waals surface area contributed by atoms with Crippen molar-refractivity contribution in [3.63, 3.8) is 0 Å². The van der Waals surface area contributed by atoms with Crippen molar-refractivity contribution >= 4 is 29.0 Å². The van der Waals surface area contributed by atoms with E-state index in [9.17, 15) is 14.9 Å². The van der Waals surface area contributed by atoms with Gasteiger partial charge >= 0.3 is 0 Å². The van der Waals surface area contributed by atoms with Gasteiger partial charge in [0.25, 0.3) is 5.69 Å². The van der Waals surface area contributed by atoms with Gasteiger partial charge in [0.1, 0.15) is 11.5 Å². The number of methoxy groups -OCH3 is 2. The molecule has 1 amide bonds. The molecule has 126 valence electrons. The first-order valence-corrected chi connectivity index (χ1v) is 7.91. The third kappa shape index (κ3) is 4.63. The third-order valence-electron chi connectivity index (χ3n) is 3.10. The second-order valence-electron chi connectivity index (χ2n) is 4.65. The number of nitro groups is 1. The van der Waals surface area contributed by atoms with E-state index in [4.69, 9.17) is 9.47 Å². The van der Waals surface area contributed by atoms with Crippen LogP contribution < -0.4 is 14.8 Å². The summed E-state index contributed by atoms with van der Waals surface area (Å²) >= 11 is 1.29. The lowest BCUT2D eigenvalue weighted by Crippen LogP contribution is -2.14. The van der Waals surface area contributed by atoms with Gasteiger partial charge in [-0.3, -0.25) is 14.9 Å². The van der Waals surface area contributed by atoms with E-state index in [-0.39, 0.29) is 17.3 Å². The van der Waals surface area contributed by atoms with Crippen LogP contribution in [0.4, 0.5) is 11.4 Å². The van der Waals surface area contributed by atoms with Crippen LogP contribution in [0.5, 0.6) is 11.5 Å². The molecule has 0 atom stereocenters. The van der Waals surface area contributed by atoms with Gasteiger partial charge in [-0.2, -0.15) is 0 Å². The molecular weight excluding hydrogens is 332 g/mol. The van der Waals surface area contributed by atoms with Gasteiger partial charge in [0.05, 0.1) is 30.6 Å². The standard InChI is InChI=1S/C16H16N2O5S/c1-22-12-5-8-14(15(9-12)23-2)17-16(19)10-24-13-6-3-11(4-7-13)18(20)21/h3-9H,10H2,1-2H3,(H,17,19). The monoisotopic (exact) mass is 348 g/mol. The van der Waals surface area contributed by atoms with Gasteiger partial charge in [0.15, 0.2) is 0 Å². The highest BCUT2D eigenvalue weighted by Crippen LogP contribution is 2.29. The largest absolute Gasteiger partial charge is 0.497 e. The summed E-state index contributed by atoms with van der Waals surface area (Å²) in [6.07, 6.45) is 0. The van der Waals surface area contributed by atoms with E-state index >= 15 is 0 Å². The zero-order valence-corrected chi connectivity index (χ0v) is 14.0. The number of rotatable bonds is 7. The molecule has 2 aromatic rings. The van der Waals surface area contributed by atoms with E-state index in [1.165, 1.54) is 31.0 Å². The number of nitrogens with zero attached hydrogens (tertiary/aromatic N) is 1. The van der Waals surface area contributed by atoms with Gasteiger partial charge in [-0.1, -0.05) is 0 Å². The number of thioether (sulfide) groups is 1. The molecule has 0 fully saturated rings. The van der Waals surface area contributed by atoms with E-state index in [1.807, 2.05) is 0 Å². The van der Waals surface area contributed by atoms with Crippen LogP contribution in [0, 0.1) is 10.1 Å². The lowest BCUT2D eigenvalue weighted by atomic mass is 10.2. The number of ether oxygens (including phenoxy) is 2. The average molecular weight is 348 g/mol. The van der Waals surface area contributed by atoms with Gasteiger partial charge in [0.2, 0.25) is 5.91 Å². The van der Waals surface area contributed by atoms with Gasteiger partial charge in [-0.15, -0.1) is 11.8 Å². The molecule has 0 radical (unpaired) electrons. The SMILES string of the molecule is COc1ccc(NC(=O)CSc2ccc([N+](=O)[O-])cc2)c(OC)c1. The minimum absolute atomic E-state index is 0.0202. The highest BCUT2D eigenvalue weighted by molar-refractivity contribution is 8.00. The lowest BCUT2D eigenvalue weighted by molar-refractivity contribution is -0.384. The minimum atomic E-state index is -0.461. The van der Waals surface area contributed by atoms with E-state index in [1.54, 1.807) is 37.4 Å². The first-order chi connectivity index (χ1) is 11.5. The van der Waals surface area contributed by atoms with Gasteiger partial charge in [0, 0.05) is 23.1 Å². The van der Waals surface area contributed by atoms with Crippen molar-refractivity contribution in [1.29, 1.82) is 0 Å². The van der Waals surface area contributed by atoms with E-state index < -0.39 is 4.92 Å². The second-order valence-corrected chi connectivity index (χ2v) is 5.70. The van der Waals surface area contributed by atoms with Crippen LogP contribution in [-0.2, 0) is 4.79 Å². The van der Waals surface area contributed by atoms with Crippen molar-refractivity contribution in [1.82, 2.24) is 0 Å². The summed E-state index contributed by atoms with van der Waals surface area (Å²) in [5.74, 6) is 1.10. The predicted octanol–water partition coefficient (Wildman–Crippen LogP) is 3.34.